The maximum atomic E-state index is 14.8. The van der Waals surface area contributed by atoms with Gasteiger partial charge in [0.25, 0.3) is 10.0 Å². The summed E-state index contributed by atoms with van der Waals surface area (Å²) >= 11 is 0. The molecule has 0 unspecified atom stereocenters. The molecule has 0 aliphatic rings. The number of hydrogen-bond acceptors (Lipinski definition) is 7. The Labute approximate surface area is 200 Å². The van der Waals surface area contributed by atoms with E-state index < -0.39 is 21.7 Å². The van der Waals surface area contributed by atoms with Crippen LogP contribution in [0.2, 0.25) is 0 Å². The van der Waals surface area contributed by atoms with E-state index in [-0.39, 0.29) is 22.1 Å². The van der Waals surface area contributed by atoms with Crippen molar-refractivity contribution in [3.8, 4) is 28.7 Å². The fourth-order valence-electron chi connectivity index (χ4n) is 3.32. The van der Waals surface area contributed by atoms with E-state index in [1.165, 1.54) is 39.7 Å². The lowest BCUT2D eigenvalue weighted by atomic mass is 10.2. The van der Waals surface area contributed by atoms with Crippen molar-refractivity contribution < 1.29 is 36.1 Å². The van der Waals surface area contributed by atoms with E-state index in [0.717, 1.165) is 24.3 Å². The number of benzene rings is 3. The molecule has 35 heavy (non-hydrogen) atoms. The first-order valence-corrected chi connectivity index (χ1v) is 11.6. The van der Waals surface area contributed by atoms with Crippen LogP contribution in [0.5, 0.6) is 28.7 Å². The number of aromatic nitrogens is 1. The molecule has 0 saturated carbocycles. The summed E-state index contributed by atoms with van der Waals surface area (Å²) in [4.78, 5) is 4.00. The van der Waals surface area contributed by atoms with Gasteiger partial charge in [-0.2, -0.15) is 0 Å². The van der Waals surface area contributed by atoms with Crippen LogP contribution in [0.25, 0.3) is 10.9 Å². The Morgan fingerprint density at radius 1 is 0.771 bits per heavy atom. The minimum atomic E-state index is -4.21. The minimum absolute atomic E-state index is 0.121. The second kappa shape index (κ2) is 9.63. The molecular weight excluding hydrogens is 482 g/mol. The predicted octanol–water partition coefficient (Wildman–Crippen LogP) is 5.13. The van der Waals surface area contributed by atoms with Gasteiger partial charge in [-0.15, -0.1) is 0 Å². The molecule has 0 amide bonds. The molecule has 0 radical (unpaired) electrons. The van der Waals surface area contributed by atoms with Crippen molar-refractivity contribution >= 4 is 26.6 Å². The molecule has 1 heterocycles. The van der Waals surface area contributed by atoms with Crippen molar-refractivity contribution in [3.63, 3.8) is 0 Å². The first-order chi connectivity index (χ1) is 16.7. The highest BCUT2D eigenvalue weighted by atomic mass is 32.2. The minimum Gasteiger partial charge on any atom is -0.494 e. The van der Waals surface area contributed by atoms with Gasteiger partial charge in [0.1, 0.15) is 11.5 Å². The van der Waals surface area contributed by atoms with E-state index in [9.17, 15) is 17.2 Å². The van der Waals surface area contributed by atoms with Crippen molar-refractivity contribution in [3.05, 3.63) is 72.4 Å². The van der Waals surface area contributed by atoms with Crippen LogP contribution in [0, 0.1) is 11.6 Å². The molecule has 4 aromatic rings. The number of pyridine rings is 1. The Kier molecular flexibility index (Phi) is 6.61. The van der Waals surface area contributed by atoms with Crippen LogP contribution in [-0.4, -0.2) is 34.7 Å². The molecule has 11 heteroatoms. The van der Waals surface area contributed by atoms with Crippen molar-refractivity contribution in [2.24, 2.45) is 0 Å². The van der Waals surface area contributed by atoms with E-state index >= 15 is 0 Å². The quantitative estimate of drug-likeness (QED) is 0.357. The third-order valence-electron chi connectivity index (χ3n) is 5.05. The third kappa shape index (κ3) is 4.90. The van der Waals surface area contributed by atoms with Gasteiger partial charge in [-0.3, -0.25) is 9.71 Å². The summed E-state index contributed by atoms with van der Waals surface area (Å²) in [5, 5.41) is 0.598. The van der Waals surface area contributed by atoms with Crippen LogP contribution in [0.15, 0.2) is 65.7 Å². The summed E-state index contributed by atoms with van der Waals surface area (Å²) in [6.07, 6.45) is 1.53. The topological polar surface area (TPSA) is 96.0 Å². The number of hydrogen-bond donors (Lipinski definition) is 1. The van der Waals surface area contributed by atoms with Gasteiger partial charge < -0.3 is 18.9 Å². The lowest BCUT2D eigenvalue weighted by Gasteiger charge is -2.13. The van der Waals surface area contributed by atoms with E-state index in [1.807, 2.05) is 0 Å². The van der Waals surface area contributed by atoms with E-state index in [2.05, 4.69) is 9.71 Å². The zero-order chi connectivity index (χ0) is 25.2. The lowest BCUT2D eigenvalue weighted by Crippen LogP contribution is -2.14. The molecule has 182 valence electrons. The van der Waals surface area contributed by atoms with Crippen molar-refractivity contribution in [2.75, 3.05) is 26.1 Å². The van der Waals surface area contributed by atoms with Gasteiger partial charge in [0.2, 0.25) is 0 Å². The molecule has 0 aliphatic heterocycles. The number of nitrogens with one attached hydrogen (secondary N) is 1. The van der Waals surface area contributed by atoms with Crippen LogP contribution < -0.4 is 23.7 Å². The molecule has 0 spiro atoms. The van der Waals surface area contributed by atoms with E-state index in [1.54, 1.807) is 18.2 Å². The number of rotatable bonds is 8. The highest BCUT2D eigenvalue weighted by molar-refractivity contribution is 7.92. The molecule has 0 atom stereocenters. The van der Waals surface area contributed by atoms with E-state index in [4.69, 9.17) is 18.9 Å². The van der Waals surface area contributed by atoms with Crippen molar-refractivity contribution in [1.29, 1.82) is 0 Å². The molecule has 8 nitrogen and oxygen atoms in total. The maximum Gasteiger partial charge on any atom is 0.262 e. The van der Waals surface area contributed by atoms with Crippen molar-refractivity contribution in [1.82, 2.24) is 4.98 Å². The largest absolute Gasteiger partial charge is 0.494 e. The summed E-state index contributed by atoms with van der Waals surface area (Å²) in [7, 11) is 0.00287. The first kappa shape index (κ1) is 24.0. The van der Waals surface area contributed by atoms with Gasteiger partial charge in [0.05, 0.1) is 37.4 Å². The Hall–Kier alpha value is -4.12. The fraction of sp³-hybridized carbons (Fsp3) is 0.125. The average Bonchev–Trinajstić information content (AvgIpc) is 2.85. The van der Waals surface area contributed by atoms with Crippen molar-refractivity contribution in [2.45, 2.75) is 4.90 Å². The number of methoxy groups -OCH3 is 3. The molecule has 4 rings (SSSR count). The van der Waals surface area contributed by atoms with Gasteiger partial charge in [-0.1, -0.05) is 0 Å². The van der Waals surface area contributed by atoms with Crippen LogP contribution in [0.4, 0.5) is 14.5 Å². The fourth-order valence-corrected chi connectivity index (χ4v) is 4.40. The summed E-state index contributed by atoms with van der Waals surface area (Å²) in [5.74, 6) is -0.400. The molecule has 1 N–H and O–H groups in total. The summed E-state index contributed by atoms with van der Waals surface area (Å²) < 4.78 is 77.1. The normalized spacial score (nSPS) is 11.2. The van der Waals surface area contributed by atoms with Crippen LogP contribution in [0.1, 0.15) is 0 Å². The maximum absolute atomic E-state index is 14.8. The molecule has 1 aromatic heterocycles. The SMILES string of the molecule is COc1cc(S(=O)(=O)Nc2ccc(Oc3ccnc4cc(OC)c(OC)cc34)cc2F)ccc1F. The lowest BCUT2D eigenvalue weighted by molar-refractivity contribution is 0.355. The van der Waals surface area contributed by atoms with Gasteiger partial charge >= 0.3 is 0 Å². The Balaban J connectivity index is 1.61. The Morgan fingerprint density at radius 3 is 2.17 bits per heavy atom. The van der Waals surface area contributed by atoms with Gasteiger partial charge in [-0.05, 0) is 36.4 Å². The molecule has 0 saturated heterocycles. The number of sulfonamides is 1. The molecule has 3 aromatic carbocycles. The summed E-state index contributed by atoms with van der Waals surface area (Å²) in [6, 6.07) is 11.6. The van der Waals surface area contributed by atoms with Gasteiger partial charge in [0.15, 0.2) is 28.9 Å². The molecule has 0 aliphatic carbocycles. The highest BCUT2D eigenvalue weighted by Crippen LogP contribution is 2.37. The van der Waals surface area contributed by atoms with Gasteiger partial charge in [-0.25, -0.2) is 17.2 Å². The Bertz CT molecular complexity index is 1510. The number of nitrogens with zero attached hydrogens (tertiary/aromatic N) is 1. The number of halogens is 2. The molecule has 0 bridgehead atoms. The molecule has 0 fully saturated rings. The van der Waals surface area contributed by atoms with Crippen LogP contribution in [-0.2, 0) is 10.0 Å². The zero-order valence-electron chi connectivity index (χ0n) is 18.8. The van der Waals surface area contributed by atoms with Crippen LogP contribution >= 0.6 is 0 Å². The predicted molar refractivity (Wildman–Crippen MR) is 125 cm³/mol. The van der Waals surface area contributed by atoms with Gasteiger partial charge in [0, 0.05) is 29.8 Å². The smallest absolute Gasteiger partial charge is 0.262 e. The zero-order valence-corrected chi connectivity index (χ0v) is 19.7. The summed E-state index contributed by atoms with van der Waals surface area (Å²) in [5.41, 5.74) is 0.256. The number of fused-ring (bicyclic) bond motifs is 1. The number of ether oxygens (including phenoxy) is 4. The number of anilines is 1. The standard InChI is InChI=1S/C24H20F2N2O6S/c1-31-22-11-15(5-6-17(22)25)35(29,30)28-19-7-4-14(10-18(19)26)34-21-8-9-27-20-13-24(33-3)23(32-2)12-16(20)21/h4-13,28H,1-3H3. The van der Waals surface area contributed by atoms with Crippen LogP contribution in [0.3, 0.4) is 0 Å². The Morgan fingerprint density at radius 2 is 1.49 bits per heavy atom. The summed E-state index contributed by atoms with van der Waals surface area (Å²) in [6.45, 7) is 0. The second-order valence-corrected chi connectivity index (χ2v) is 8.86. The highest BCUT2D eigenvalue weighted by Gasteiger charge is 2.19. The first-order valence-electron chi connectivity index (χ1n) is 10.1. The third-order valence-corrected chi connectivity index (χ3v) is 6.42. The molecular formula is C24H20F2N2O6S. The second-order valence-electron chi connectivity index (χ2n) is 7.18. The average molecular weight is 502 g/mol. The van der Waals surface area contributed by atoms with E-state index in [0.29, 0.717) is 28.2 Å². The monoisotopic (exact) mass is 502 g/mol.